The molecular weight excluding hydrogens is 194 g/mol. The highest BCUT2D eigenvalue weighted by Gasteiger charge is 2.09. The van der Waals surface area contributed by atoms with Gasteiger partial charge in [-0.3, -0.25) is 4.79 Å². The van der Waals surface area contributed by atoms with Gasteiger partial charge in [-0.25, -0.2) is 0 Å². The highest BCUT2D eigenvalue weighted by Crippen LogP contribution is 2.17. The van der Waals surface area contributed by atoms with Crippen LogP contribution in [0, 0.1) is 6.07 Å². The Bertz CT molecular complexity index is 462. The molecule has 0 aliphatic carbocycles. The fourth-order valence-electron chi connectivity index (χ4n) is 1.21. The number of nitrogens with zero attached hydrogens (tertiary/aromatic N) is 1. The van der Waals surface area contributed by atoms with Crippen molar-refractivity contribution >= 4 is 5.97 Å². The van der Waals surface area contributed by atoms with Crippen LogP contribution in [0.5, 0.6) is 0 Å². The maximum atomic E-state index is 10.4. The van der Waals surface area contributed by atoms with Crippen molar-refractivity contribution in [2.75, 3.05) is 0 Å². The summed E-state index contributed by atoms with van der Waals surface area (Å²) in [4.78, 5) is 10.4. The number of aliphatic carboxylic acids is 1. The van der Waals surface area contributed by atoms with Crippen molar-refractivity contribution in [2.45, 2.75) is 6.42 Å². The average molecular weight is 202 g/mol. The van der Waals surface area contributed by atoms with Crippen LogP contribution in [-0.2, 0) is 11.2 Å². The molecule has 1 aromatic carbocycles. The third kappa shape index (κ3) is 2.22. The first-order valence-corrected chi connectivity index (χ1v) is 4.41. The van der Waals surface area contributed by atoms with Gasteiger partial charge in [0.05, 0.1) is 6.07 Å². The normalized spacial score (nSPS) is 10.1. The number of benzene rings is 1. The van der Waals surface area contributed by atoms with Crippen LogP contribution in [0.25, 0.3) is 11.3 Å². The summed E-state index contributed by atoms with van der Waals surface area (Å²) in [5.41, 5.74) is 1.39. The number of carbonyl (C=O) groups is 1. The predicted octanol–water partition coefficient (Wildman–Crippen LogP) is 1.77. The van der Waals surface area contributed by atoms with Crippen molar-refractivity contribution in [1.29, 1.82) is 0 Å². The first kappa shape index (κ1) is 9.45. The van der Waals surface area contributed by atoms with Crippen LogP contribution in [0.2, 0.25) is 0 Å². The van der Waals surface area contributed by atoms with Gasteiger partial charge in [0, 0.05) is 5.56 Å². The minimum atomic E-state index is -0.956. The lowest BCUT2D eigenvalue weighted by molar-refractivity contribution is -0.136. The van der Waals surface area contributed by atoms with Gasteiger partial charge in [0.15, 0.2) is 5.76 Å². The molecule has 0 saturated heterocycles. The second-order valence-corrected chi connectivity index (χ2v) is 3.02. The van der Waals surface area contributed by atoms with Gasteiger partial charge in [-0.05, 0) is 0 Å². The van der Waals surface area contributed by atoms with Crippen LogP contribution >= 0.6 is 0 Å². The van der Waals surface area contributed by atoms with Crippen molar-refractivity contribution in [3.63, 3.8) is 0 Å². The Morgan fingerprint density at radius 3 is 2.80 bits per heavy atom. The molecule has 0 fully saturated rings. The molecule has 0 saturated carbocycles. The van der Waals surface area contributed by atoms with E-state index >= 15 is 0 Å². The molecule has 4 nitrogen and oxygen atoms in total. The number of carboxylic acids is 1. The topological polar surface area (TPSA) is 63.3 Å². The monoisotopic (exact) mass is 202 g/mol. The minimum absolute atomic E-state index is 0.195. The lowest BCUT2D eigenvalue weighted by Crippen LogP contribution is -1.98. The molecule has 0 aliphatic rings. The molecule has 75 valence electrons. The number of hydrogen-bond donors (Lipinski definition) is 1. The largest absolute Gasteiger partial charge is 0.481 e. The van der Waals surface area contributed by atoms with E-state index in [1.807, 2.05) is 30.3 Å². The second-order valence-electron chi connectivity index (χ2n) is 3.02. The van der Waals surface area contributed by atoms with E-state index in [-0.39, 0.29) is 12.2 Å². The van der Waals surface area contributed by atoms with E-state index in [2.05, 4.69) is 11.2 Å². The molecule has 0 unspecified atom stereocenters. The van der Waals surface area contributed by atoms with Crippen LogP contribution in [0.3, 0.4) is 0 Å². The van der Waals surface area contributed by atoms with Gasteiger partial charge >= 0.3 is 5.97 Å². The lowest BCUT2D eigenvalue weighted by atomic mass is 10.1. The molecule has 0 amide bonds. The van der Waals surface area contributed by atoms with Crippen molar-refractivity contribution in [1.82, 2.24) is 5.16 Å². The molecule has 0 aliphatic heterocycles. The highest BCUT2D eigenvalue weighted by molar-refractivity contribution is 5.70. The quantitative estimate of drug-likeness (QED) is 0.823. The number of rotatable bonds is 3. The summed E-state index contributed by atoms with van der Waals surface area (Å²) in [5, 5.41) is 12.3. The first-order chi connectivity index (χ1) is 7.25. The summed E-state index contributed by atoms with van der Waals surface area (Å²) in [5.74, 6) is -0.719. The van der Waals surface area contributed by atoms with Gasteiger partial charge in [-0.2, -0.15) is 0 Å². The molecule has 4 heteroatoms. The molecule has 1 heterocycles. The fourth-order valence-corrected chi connectivity index (χ4v) is 1.21. The van der Waals surface area contributed by atoms with Crippen molar-refractivity contribution in [3.05, 3.63) is 42.2 Å². The molecule has 0 bridgehead atoms. The van der Waals surface area contributed by atoms with Crippen molar-refractivity contribution in [3.8, 4) is 11.3 Å². The molecule has 1 aromatic heterocycles. The maximum Gasteiger partial charge on any atom is 0.311 e. The Morgan fingerprint density at radius 1 is 1.40 bits per heavy atom. The van der Waals surface area contributed by atoms with Crippen LogP contribution in [0.15, 0.2) is 34.9 Å². The third-order valence-electron chi connectivity index (χ3n) is 1.86. The molecular formula is C11H8NO3. The Labute approximate surface area is 86.1 Å². The molecule has 1 radical (unpaired) electrons. The smallest absolute Gasteiger partial charge is 0.311 e. The van der Waals surface area contributed by atoms with Crippen molar-refractivity contribution in [2.24, 2.45) is 0 Å². The molecule has 1 N–H and O–H groups in total. The summed E-state index contributed by atoms with van der Waals surface area (Å²) in [6.45, 7) is 0. The van der Waals surface area contributed by atoms with Gasteiger partial charge in [0.2, 0.25) is 0 Å². The van der Waals surface area contributed by atoms with Crippen LogP contribution < -0.4 is 0 Å². The number of carboxylic acid groups (broad SMARTS) is 1. The van der Waals surface area contributed by atoms with Crippen LogP contribution in [0.1, 0.15) is 5.76 Å². The van der Waals surface area contributed by atoms with Gasteiger partial charge in [-0.1, -0.05) is 35.5 Å². The SMILES string of the molecule is O=C(O)Cc1[c]c(-c2ccccc2)no1. The van der Waals surface area contributed by atoms with Gasteiger partial charge in [0.1, 0.15) is 12.1 Å². The van der Waals surface area contributed by atoms with Crippen molar-refractivity contribution < 1.29 is 14.4 Å². The summed E-state index contributed by atoms with van der Waals surface area (Å²) in [7, 11) is 0. The Kier molecular flexibility index (Phi) is 2.49. The van der Waals surface area contributed by atoms with E-state index in [4.69, 9.17) is 9.63 Å². The van der Waals surface area contributed by atoms with Gasteiger partial charge in [0.25, 0.3) is 0 Å². The van der Waals surface area contributed by atoms with E-state index in [0.29, 0.717) is 5.69 Å². The highest BCUT2D eigenvalue weighted by atomic mass is 16.5. The van der Waals surface area contributed by atoms with E-state index < -0.39 is 5.97 Å². The number of hydrogen-bond acceptors (Lipinski definition) is 3. The molecule has 2 rings (SSSR count). The molecule has 2 aromatic rings. The zero-order valence-corrected chi connectivity index (χ0v) is 7.80. The predicted molar refractivity (Wildman–Crippen MR) is 52.1 cm³/mol. The summed E-state index contributed by atoms with van der Waals surface area (Å²) >= 11 is 0. The van der Waals surface area contributed by atoms with E-state index in [9.17, 15) is 4.79 Å². The summed E-state index contributed by atoms with van der Waals surface area (Å²) in [6, 6.07) is 12.2. The molecule has 0 spiro atoms. The van der Waals surface area contributed by atoms with Gasteiger partial charge in [-0.15, -0.1) is 0 Å². The minimum Gasteiger partial charge on any atom is -0.481 e. The Balaban J connectivity index is 2.24. The zero-order valence-electron chi connectivity index (χ0n) is 7.80. The van der Waals surface area contributed by atoms with Gasteiger partial charge < -0.3 is 9.63 Å². The first-order valence-electron chi connectivity index (χ1n) is 4.41. The van der Waals surface area contributed by atoms with E-state index in [1.54, 1.807) is 0 Å². The zero-order chi connectivity index (χ0) is 10.7. The average Bonchev–Trinajstić information content (AvgIpc) is 2.67. The fraction of sp³-hybridized carbons (Fsp3) is 0.0909. The van der Waals surface area contributed by atoms with E-state index in [1.165, 1.54) is 0 Å². The summed E-state index contributed by atoms with van der Waals surface area (Å²) < 4.78 is 4.84. The Hall–Kier alpha value is -2.10. The van der Waals surface area contributed by atoms with Crippen LogP contribution in [0.4, 0.5) is 0 Å². The van der Waals surface area contributed by atoms with E-state index in [0.717, 1.165) is 5.56 Å². The molecule has 0 atom stereocenters. The number of aromatic nitrogens is 1. The molecule has 15 heavy (non-hydrogen) atoms. The third-order valence-corrected chi connectivity index (χ3v) is 1.86. The lowest BCUT2D eigenvalue weighted by Gasteiger charge is -1.90. The maximum absolute atomic E-state index is 10.4. The van der Waals surface area contributed by atoms with Crippen LogP contribution in [-0.4, -0.2) is 16.2 Å². The summed E-state index contributed by atoms with van der Waals surface area (Å²) in [6.07, 6.45) is -0.195. The second kappa shape index (κ2) is 3.96. The standard InChI is InChI=1S/C11H8NO3/c13-11(14)7-9-6-10(12-15-9)8-4-2-1-3-5-8/h1-5H,7H2,(H,13,14). The Morgan fingerprint density at radius 2 is 2.13 bits per heavy atom.